The van der Waals surface area contributed by atoms with Crippen molar-refractivity contribution in [3.05, 3.63) is 57.5 Å². The number of aryl methyl sites for hydroxylation is 2. The van der Waals surface area contributed by atoms with E-state index in [-0.39, 0.29) is 0 Å². The maximum absolute atomic E-state index is 6.07. The zero-order valence-electron chi connectivity index (χ0n) is 11.1. The van der Waals surface area contributed by atoms with Crippen LogP contribution in [-0.2, 0) is 6.42 Å². The zero-order chi connectivity index (χ0) is 12.8. The lowest BCUT2D eigenvalue weighted by Crippen LogP contribution is -2.21. The second kappa shape index (κ2) is 3.99. The lowest BCUT2D eigenvalue weighted by Gasteiger charge is -2.17. The summed E-state index contributed by atoms with van der Waals surface area (Å²) in [6, 6.07) is 10.9. The summed E-state index contributed by atoms with van der Waals surface area (Å²) >= 11 is 0. The van der Waals surface area contributed by atoms with Crippen LogP contribution >= 0.6 is 0 Å². The van der Waals surface area contributed by atoms with Gasteiger partial charge in [0, 0.05) is 10.8 Å². The van der Waals surface area contributed by atoms with Crippen molar-refractivity contribution in [2.75, 3.05) is 0 Å². The van der Waals surface area contributed by atoms with Crippen LogP contribution in [0.2, 0.25) is 0 Å². The Hall–Kier alpha value is -2.02. The molecule has 0 N–H and O–H groups in total. The van der Waals surface area contributed by atoms with Crippen LogP contribution in [0.15, 0.2) is 30.3 Å². The Bertz CT molecular complexity index is 784. The molecule has 0 radical (unpaired) electrons. The summed E-state index contributed by atoms with van der Waals surface area (Å²) in [5, 5.41) is 2.57. The highest BCUT2D eigenvalue weighted by Crippen LogP contribution is 2.28. The third-order valence-corrected chi connectivity index (χ3v) is 3.99. The molecule has 2 aromatic rings. The van der Waals surface area contributed by atoms with Gasteiger partial charge in [0.2, 0.25) is 0 Å². The highest BCUT2D eigenvalue weighted by molar-refractivity contribution is 5.64. The van der Waals surface area contributed by atoms with Gasteiger partial charge >= 0.3 is 0 Å². The van der Waals surface area contributed by atoms with E-state index in [4.69, 9.17) is 4.74 Å². The summed E-state index contributed by atoms with van der Waals surface area (Å²) in [4.78, 5) is 0. The van der Waals surface area contributed by atoms with Gasteiger partial charge in [-0.1, -0.05) is 18.2 Å². The molecule has 94 valence electrons. The second-order valence-electron chi connectivity index (χ2n) is 5.47. The van der Waals surface area contributed by atoms with Gasteiger partial charge in [-0.2, -0.15) is 0 Å². The first kappa shape index (κ1) is 10.9. The standard InChI is InChI=1S/C18H16O/c1-12-6-7-15-10-16-9-13-4-2-3-5-14(13)11-18(16)19-17(15)8-12/h5-11H,2-4H2,1H3. The van der Waals surface area contributed by atoms with Crippen LogP contribution in [0.3, 0.4) is 0 Å². The normalized spacial score (nSPS) is 15.2. The van der Waals surface area contributed by atoms with Gasteiger partial charge in [-0.3, -0.25) is 0 Å². The van der Waals surface area contributed by atoms with Gasteiger partial charge in [0.15, 0.2) is 0 Å². The molecule has 0 saturated heterocycles. The first-order valence-corrected chi connectivity index (χ1v) is 6.93. The molecule has 1 heterocycles. The Kier molecular flexibility index (Phi) is 2.28. The third-order valence-electron chi connectivity index (χ3n) is 3.99. The molecule has 0 saturated carbocycles. The van der Waals surface area contributed by atoms with Crippen molar-refractivity contribution < 1.29 is 4.74 Å². The van der Waals surface area contributed by atoms with Gasteiger partial charge in [-0.05, 0) is 66.8 Å². The van der Waals surface area contributed by atoms with E-state index in [1.165, 1.54) is 46.4 Å². The van der Waals surface area contributed by atoms with E-state index in [2.05, 4.69) is 49.4 Å². The van der Waals surface area contributed by atoms with Crippen molar-refractivity contribution in [1.29, 1.82) is 0 Å². The van der Waals surface area contributed by atoms with E-state index in [1.807, 2.05) is 0 Å². The molecule has 0 atom stereocenters. The highest BCUT2D eigenvalue weighted by Gasteiger charge is 2.13. The topological polar surface area (TPSA) is 9.23 Å². The Morgan fingerprint density at radius 2 is 1.95 bits per heavy atom. The molecule has 4 rings (SSSR count). The molecule has 1 heteroatoms. The summed E-state index contributed by atoms with van der Waals surface area (Å²) in [5.74, 6) is 1.97. The molecular formula is C18H16O. The number of ether oxygens (including phenoxy) is 1. The summed E-state index contributed by atoms with van der Waals surface area (Å²) < 4.78 is 6.07. The molecule has 2 aromatic carbocycles. The number of fused-ring (bicyclic) bond motifs is 3. The molecule has 0 amide bonds. The van der Waals surface area contributed by atoms with Gasteiger partial charge in [0.1, 0.15) is 11.5 Å². The van der Waals surface area contributed by atoms with Crippen LogP contribution in [0.1, 0.15) is 29.5 Å². The Morgan fingerprint density at radius 3 is 2.89 bits per heavy atom. The van der Waals surface area contributed by atoms with E-state index in [1.54, 1.807) is 0 Å². The van der Waals surface area contributed by atoms with Crippen LogP contribution in [0.5, 0.6) is 11.5 Å². The van der Waals surface area contributed by atoms with Gasteiger partial charge in [0.25, 0.3) is 0 Å². The minimum atomic E-state index is 0.975. The summed E-state index contributed by atoms with van der Waals surface area (Å²) in [5.41, 5.74) is 3.87. The van der Waals surface area contributed by atoms with E-state index < -0.39 is 0 Å². The SMILES string of the molecule is Cc1ccc2c(c1)Oc1cc3c(cc1=C2)CCCC=3. The van der Waals surface area contributed by atoms with Crippen LogP contribution in [0.4, 0.5) is 0 Å². The molecule has 0 spiro atoms. The largest absolute Gasteiger partial charge is 0.456 e. The van der Waals surface area contributed by atoms with Gasteiger partial charge in [-0.25, -0.2) is 0 Å². The van der Waals surface area contributed by atoms with Crippen molar-refractivity contribution in [2.24, 2.45) is 0 Å². The Balaban J connectivity index is 1.97. The van der Waals surface area contributed by atoms with Crippen LogP contribution < -0.4 is 15.2 Å². The maximum Gasteiger partial charge on any atom is 0.135 e. The predicted molar refractivity (Wildman–Crippen MR) is 77.9 cm³/mol. The maximum atomic E-state index is 6.07. The van der Waals surface area contributed by atoms with Gasteiger partial charge in [-0.15, -0.1) is 0 Å². The van der Waals surface area contributed by atoms with Crippen molar-refractivity contribution in [2.45, 2.75) is 26.2 Å². The van der Waals surface area contributed by atoms with Crippen molar-refractivity contribution in [1.82, 2.24) is 0 Å². The molecule has 1 nitrogen and oxygen atoms in total. The fraction of sp³-hybridized carbons (Fsp3) is 0.222. The lowest BCUT2D eigenvalue weighted by molar-refractivity contribution is 0.472. The molecule has 1 aliphatic carbocycles. The van der Waals surface area contributed by atoms with Crippen molar-refractivity contribution in [3.8, 4) is 11.5 Å². The molecule has 1 aliphatic heterocycles. The van der Waals surface area contributed by atoms with E-state index in [0.717, 1.165) is 11.5 Å². The average molecular weight is 248 g/mol. The minimum Gasteiger partial charge on any atom is -0.456 e. The number of rotatable bonds is 0. The summed E-state index contributed by atoms with van der Waals surface area (Å²) in [6.07, 6.45) is 8.21. The Labute approximate surface area is 112 Å². The fourth-order valence-corrected chi connectivity index (χ4v) is 2.95. The fourth-order valence-electron chi connectivity index (χ4n) is 2.95. The molecule has 2 aliphatic rings. The van der Waals surface area contributed by atoms with Crippen molar-refractivity contribution >= 4 is 12.2 Å². The summed E-state index contributed by atoms with van der Waals surface area (Å²) in [7, 11) is 0. The molecule has 19 heavy (non-hydrogen) atoms. The van der Waals surface area contributed by atoms with Gasteiger partial charge in [0.05, 0.1) is 0 Å². The highest BCUT2D eigenvalue weighted by atomic mass is 16.5. The van der Waals surface area contributed by atoms with E-state index >= 15 is 0 Å². The molecule has 0 aromatic heterocycles. The van der Waals surface area contributed by atoms with Crippen LogP contribution in [0.25, 0.3) is 12.2 Å². The summed E-state index contributed by atoms with van der Waals surface area (Å²) in [6.45, 7) is 2.10. The zero-order valence-corrected chi connectivity index (χ0v) is 11.1. The van der Waals surface area contributed by atoms with E-state index in [9.17, 15) is 0 Å². The van der Waals surface area contributed by atoms with E-state index in [0.29, 0.717) is 0 Å². The molecule has 0 bridgehead atoms. The quantitative estimate of drug-likeness (QED) is 0.594. The lowest BCUT2D eigenvalue weighted by atomic mass is 9.97. The first-order valence-electron chi connectivity index (χ1n) is 6.93. The number of benzene rings is 2. The van der Waals surface area contributed by atoms with Gasteiger partial charge < -0.3 is 4.74 Å². The van der Waals surface area contributed by atoms with Crippen LogP contribution in [-0.4, -0.2) is 0 Å². The number of hydrogen-bond donors (Lipinski definition) is 0. The monoisotopic (exact) mass is 248 g/mol. The second-order valence-corrected chi connectivity index (χ2v) is 5.47. The smallest absolute Gasteiger partial charge is 0.135 e. The Morgan fingerprint density at radius 1 is 1.00 bits per heavy atom. The number of hydrogen-bond acceptors (Lipinski definition) is 1. The molecular weight excluding hydrogens is 232 g/mol. The molecule has 0 fully saturated rings. The van der Waals surface area contributed by atoms with Crippen molar-refractivity contribution in [3.63, 3.8) is 0 Å². The first-order chi connectivity index (χ1) is 9.29. The molecule has 0 unspecified atom stereocenters. The minimum absolute atomic E-state index is 0.975. The van der Waals surface area contributed by atoms with Crippen LogP contribution in [0, 0.1) is 6.92 Å². The predicted octanol–water partition coefficient (Wildman–Crippen LogP) is 3.05. The third kappa shape index (κ3) is 1.77. The average Bonchev–Trinajstić information content (AvgIpc) is 2.43.